The minimum absolute atomic E-state index is 0.182. The van der Waals surface area contributed by atoms with Gasteiger partial charge in [-0.3, -0.25) is 10.7 Å². The van der Waals surface area contributed by atoms with Crippen LogP contribution in [0, 0.1) is 5.41 Å². The van der Waals surface area contributed by atoms with Crippen molar-refractivity contribution in [1.82, 2.24) is 10.6 Å². The van der Waals surface area contributed by atoms with Crippen LogP contribution in [0.4, 0.5) is 4.79 Å². The summed E-state index contributed by atoms with van der Waals surface area (Å²) < 4.78 is 0. The first-order chi connectivity index (χ1) is 4.70. The van der Waals surface area contributed by atoms with Gasteiger partial charge in [-0.25, -0.2) is 4.79 Å². The van der Waals surface area contributed by atoms with E-state index in [1.165, 1.54) is 18.8 Å². The summed E-state index contributed by atoms with van der Waals surface area (Å²) in [5, 5.41) is 12.0. The largest absolute Gasteiger partial charge is 0.341 e. The van der Waals surface area contributed by atoms with Gasteiger partial charge < -0.3 is 5.32 Å². The molecule has 58 valence electrons. The van der Waals surface area contributed by atoms with Crippen LogP contribution in [0.5, 0.6) is 0 Å². The summed E-state index contributed by atoms with van der Waals surface area (Å²) in [5.74, 6) is 0.794. The SMILES string of the molecule is CCSC(=N)NC(=O)NC. The molecule has 10 heavy (non-hydrogen) atoms. The minimum Gasteiger partial charge on any atom is -0.341 e. The number of hydrogen-bond donors (Lipinski definition) is 3. The van der Waals surface area contributed by atoms with Crippen molar-refractivity contribution in [3.8, 4) is 0 Å². The molecule has 0 rings (SSSR count). The number of amides is 2. The molecule has 0 aromatic rings. The van der Waals surface area contributed by atoms with Crippen LogP contribution in [0.3, 0.4) is 0 Å². The monoisotopic (exact) mass is 161 g/mol. The first kappa shape index (κ1) is 9.29. The van der Waals surface area contributed by atoms with E-state index in [1.54, 1.807) is 0 Å². The summed E-state index contributed by atoms with van der Waals surface area (Å²) in [6, 6.07) is -0.342. The Hall–Kier alpha value is -0.710. The fourth-order valence-electron chi connectivity index (χ4n) is 0.346. The second kappa shape index (κ2) is 5.10. The second-order valence-corrected chi connectivity index (χ2v) is 2.74. The molecular formula is C5H11N3OS. The Balaban J connectivity index is 3.47. The molecule has 0 spiro atoms. The van der Waals surface area contributed by atoms with Gasteiger partial charge >= 0.3 is 6.03 Å². The van der Waals surface area contributed by atoms with Crippen molar-refractivity contribution >= 4 is 23.0 Å². The second-order valence-electron chi connectivity index (χ2n) is 1.47. The Morgan fingerprint density at radius 2 is 2.30 bits per heavy atom. The van der Waals surface area contributed by atoms with E-state index in [0.717, 1.165) is 5.75 Å². The Kier molecular flexibility index (Phi) is 4.74. The molecule has 4 nitrogen and oxygen atoms in total. The molecule has 0 unspecified atom stereocenters. The lowest BCUT2D eigenvalue weighted by atomic mass is 10.9. The molecule has 0 saturated heterocycles. The minimum atomic E-state index is -0.342. The normalized spacial score (nSPS) is 8.60. The number of carbonyl (C=O) groups is 1. The fraction of sp³-hybridized carbons (Fsp3) is 0.600. The van der Waals surface area contributed by atoms with E-state index in [1.807, 2.05) is 6.92 Å². The average Bonchev–Trinajstić information content (AvgIpc) is 1.88. The van der Waals surface area contributed by atoms with Crippen LogP contribution in [0.15, 0.2) is 0 Å². The van der Waals surface area contributed by atoms with Crippen LogP contribution < -0.4 is 10.6 Å². The molecular weight excluding hydrogens is 150 g/mol. The Morgan fingerprint density at radius 3 is 2.70 bits per heavy atom. The molecule has 0 aliphatic carbocycles. The maximum absolute atomic E-state index is 10.5. The van der Waals surface area contributed by atoms with E-state index in [4.69, 9.17) is 5.41 Å². The maximum atomic E-state index is 10.5. The molecule has 3 N–H and O–H groups in total. The molecule has 0 heterocycles. The van der Waals surface area contributed by atoms with Crippen molar-refractivity contribution in [1.29, 1.82) is 5.41 Å². The van der Waals surface area contributed by atoms with Gasteiger partial charge in [0, 0.05) is 7.05 Å². The third-order valence-corrected chi connectivity index (χ3v) is 1.42. The summed E-state index contributed by atoms with van der Waals surface area (Å²) in [6.45, 7) is 1.92. The van der Waals surface area contributed by atoms with Crippen molar-refractivity contribution < 1.29 is 4.79 Å². The van der Waals surface area contributed by atoms with E-state index >= 15 is 0 Å². The smallest absolute Gasteiger partial charge is 0.320 e. The highest BCUT2D eigenvalue weighted by Gasteiger charge is 1.98. The average molecular weight is 161 g/mol. The summed E-state index contributed by atoms with van der Waals surface area (Å²) in [7, 11) is 1.51. The van der Waals surface area contributed by atoms with Crippen molar-refractivity contribution in [3.63, 3.8) is 0 Å². The highest BCUT2D eigenvalue weighted by Crippen LogP contribution is 1.96. The first-order valence-corrected chi connectivity index (χ1v) is 3.89. The number of carbonyl (C=O) groups excluding carboxylic acids is 1. The summed E-state index contributed by atoms with van der Waals surface area (Å²) in [6.07, 6.45) is 0. The molecule has 2 amide bonds. The standard InChI is InChI=1S/C5H11N3OS/c1-3-10-4(6)8-5(9)7-2/h3H2,1-2H3,(H3,6,7,8,9). The third-order valence-electron chi connectivity index (χ3n) is 0.743. The molecule has 0 saturated carbocycles. The third kappa shape index (κ3) is 4.20. The van der Waals surface area contributed by atoms with Gasteiger partial charge in [0.25, 0.3) is 0 Å². The van der Waals surface area contributed by atoms with Gasteiger partial charge in [0.1, 0.15) is 0 Å². The van der Waals surface area contributed by atoms with Crippen molar-refractivity contribution in [3.05, 3.63) is 0 Å². The number of urea groups is 1. The number of amidine groups is 1. The summed E-state index contributed by atoms with van der Waals surface area (Å²) in [5.41, 5.74) is 0. The maximum Gasteiger partial charge on any atom is 0.320 e. The van der Waals surface area contributed by atoms with Crippen LogP contribution in [0.1, 0.15) is 6.92 Å². The van der Waals surface area contributed by atoms with E-state index < -0.39 is 0 Å². The topological polar surface area (TPSA) is 65.0 Å². The highest BCUT2D eigenvalue weighted by molar-refractivity contribution is 8.13. The number of nitrogens with one attached hydrogen (secondary N) is 3. The fourth-order valence-corrected chi connectivity index (χ4v) is 0.800. The van der Waals surface area contributed by atoms with Crippen molar-refractivity contribution in [2.45, 2.75) is 6.92 Å². The highest BCUT2D eigenvalue weighted by atomic mass is 32.2. The molecule has 0 aliphatic heterocycles. The van der Waals surface area contributed by atoms with E-state index in [0.29, 0.717) is 0 Å². The number of rotatable bonds is 1. The van der Waals surface area contributed by atoms with Gasteiger partial charge in [0.05, 0.1) is 0 Å². The molecule has 0 aromatic heterocycles. The molecule has 0 fully saturated rings. The van der Waals surface area contributed by atoms with Crippen LogP contribution >= 0.6 is 11.8 Å². The van der Waals surface area contributed by atoms with Crippen molar-refractivity contribution in [2.24, 2.45) is 0 Å². The van der Waals surface area contributed by atoms with Gasteiger partial charge in [-0.1, -0.05) is 18.7 Å². The molecule has 0 bridgehead atoms. The van der Waals surface area contributed by atoms with Gasteiger partial charge in [0.15, 0.2) is 5.17 Å². The van der Waals surface area contributed by atoms with Gasteiger partial charge in [-0.15, -0.1) is 0 Å². The molecule has 0 aromatic carbocycles. The zero-order chi connectivity index (χ0) is 7.98. The van der Waals surface area contributed by atoms with Gasteiger partial charge in [-0.05, 0) is 5.75 Å². The molecule has 0 atom stereocenters. The summed E-state index contributed by atoms with van der Waals surface area (Å²) >= 11 is 1.29. The first-order valence-electron chi connectivity index (χ1n) is 2.90. The van der Waals surface area contributed by atoms with E-state index in [2.05, 4.69) is 10.6 Å². The van der Waals surface area contributed by atoms with Crippen LogP contribution in [0.2, 0.25) is 0 Å². The predicted molar refractivity (Wildman–Crippen MR) is 43.5 cm³/mol. The molecule has 5 heteroatoms. The zero-order valence-electron chi connectivity index (χ0n) is 6.02. The van der Waals surface area contributed by atoms with Gasteiger partial charge in [-0.2, -0.15) is 0 Å². The van der Waals surface area contributed by atoms with Gasteiger partial charge in [0.2, 0.25) is 0 Å². The van der Waals surface area contributed by atoms with Crippen LogP contribution in [0.25, 0.3) is 0 Å². The summed E-state index contributed by atoms with van der Waals surface area (Å²) in [4.78, 5) is 10.5. The van der Waals surface area contributed by atoms with E-state index in [-0.39, 0.29) is 11.2 Å². The Morgan fingerprint density at radius 1 is 1.70 bits per heavy atom. The lowest BCUT2D eigenvalue weighted by Crippen LogP contribution is -2.35. The molecule has 0 radical (unpaired) electrons. The lowest BCUT2D eigenvalue weighted by molar-refractivity contribution is 0.247. The van der Waals surface area contributed by atoms with Crippen LogP contribution in [-0.2, 0) is 0 Å². The number of thioether (sulfide) groups is 1. The Labute approximate surface area is 64.3 Å². The number of hydrogen-bond acceptors (Lipinski definition) is 3. The molecule has 0 aliphatic rings. The predicted octanol–water partition coefficient (Wildman–Crippen LogP) is 0.603. The lowest BCUT2D eigenvalue weighted by Gasteiger charge is -2.02. The quantitative estimate of drug-likeness (QED) is 0.389. The van der Waals surface area contributed by atoms with E-state index in [9.17, 15) is 4.79 Å². The van der Waals surface area contributed by atoms with Crippen LogP contribution in [-0.4, -0.2) is 24.0 Å². The van der Waals surface area contributed by atoms with Crippen molar-refractivity contribution in [2.75, 3.05) is 12.8 Å². The Bertz CT molecular complexity index is 137. The zero-order valence-corrected chi connectivity index (χ0v) is 6.84.